The van der Waals surface area contributed by atoms with Gasteiger partial charge in [0.1, 0.15) is 12.4 Å². The molecule has 0 N–H and O–H groups in total. The maximum Gasteiger partial charge on any atom is 0.120 e. The van der Waals surface area contributed by atoms with Gasteiger partial charge in [0.05, 0.1) is 0 Å². The second-order valence-corrected chi connectivity index (χ2v) is 6.47. The lowest BCUT2D eigenvalue weighted by atomic mass is 9.89. The molecule has 1 heteroatoms. The van der Waals surface area contributed by atoms with Crippen molar-refractivity contribution in [2.45, 2.75) is 12.5 Å². The fourth-order valence-corrected chi connectivity index (χ4v) is 3.30. The lowest BCUT2D eigenvalue weighted by Crippen LogP contribution is -2.00. The van der Waals surface area contributed by atoms with E-state index in [1.807, 2.05) is 30.3 Å². The molecule has 0 aliphatic rings. The molecule has 1 radical (unpaired) electrons. The molecular formula is C25H21O. The first-order valence-corrected chi connectivity index (χ1v) is 8.89. The van der Waals surface area contributed by atoms with Crippen molar-refractivity contribution in [3.05, 3.63) is 121 Å². The van der Waals surface area contributed by atoms with Crippen LogP contribution in [0, 0.1) is 6.92 Å². The molecular weight excluding hydrogens is 316 g/mol. The molecule has 4 aromatic rings. The van der Waals surface area contributed by atoms with Gasteiger partial charge in [0.15, 0.2) is 0 Å². The van der Waals surface area contributed by atoms with E-state index < -0.39 is 0 Å². The van der Waals surface area contributed by atoms with Crippen molar-refractivity contribution in [2.24, 2.45) is 0 Å². The van der Waals surface area contributed by atoms with E-state index in [0.717, 1.165) is 16.9 Å². The average Bonchev–Trinajstić information content (AvgIpc) is 2.72. The molecule has 1 nitrogen and oxygen atoms in total. The summed E-state index contributed by atoms with van der Waals surface area (Å²) in [5.41, 5.74) is 3.56. The van der Waals surface area contributed by atoms with E-state index in [-0.39, 0.29) is 5.92 Å². The van der Waals surface area contributed by atoms with Crippen molar-refractivity contribution in [2.75, 3.05) is 0 Å². The SMILES string of the molecule is [CH2]C(c1cccc(OCc2ccccc2)c1)c1cccc2ccccc12. The van der Waals surface area contributed by atoms with Crippen LogP contribution in [0.15, 0.2) is 97.1 Å². The Hall–Kier alpha value is -3.06. The largest absolute Gasteiger partial charge is 0.489 e. The second-order valence-electron chi connectivity index (χ2n) is 6.47. The fourth-order valence-electron chi connectivity index (χ4n) is 3.30. The minimum absolute atomic E-state index is 0.0568. The zero-order chi connectivity index (χ0) is 17.8. The Morgan fingerprint density at radius 1 is 0.731 bits per heavy atom. The Morgan fingerprint density at radius 2 is 1.46 bits per heavy atom. The smallest absolute Gasteiger partial charge is 0.120 e. The molecule has 26 heavy (non-hydrogen) atoms. The lowest BCUT2D eigenvalue weighted by molar-refractivity contribution is 0.306. The zero-order valence-electron chi connectivity index (χ0n) is 14.6. The Labute approximate surface area is 154 Å². The number of hydrogen-bond donors (Lipinski definition) is 0. The quantitative estimate of drug-likeness (QED) is 0.410. The summed E-state index contributed by atoms with van der Waals surface area (Å²) in [6.45, 7) is 5.00. The summed E-state index contributed by atoms with van der Waals surface area (Å²) in [5.74, 6) is 0.932. The van der Waals surface area contributed by atoms with Gasteiger partial charge in [-0.25, -0.2) is 0 Å². The van der Waals surface area contributed by atoms with E-state index in [9.17, 15) is 0 Å². The average molecular weight is 337 g/mol. The highest BCUT2D eigenvalue weighted by Crippen LogP contribution is 2.31. The predicted octanol–water partition coefficient (Wildman–Crippen LogP) is 6.38. The van der Waals surface area contributed by atoms with E-state index in [1.165, 1.54) is 16.3 Å². The third kappa shape index (κ3) is 3.48. The summed E-state index contributed by atoms with van der Waals surface area (Å²) < 4.78 is 5.98. The third-order valence-corrected chi connectivity index (χ3v) is 4.71. The first kappa shape index (κ1) is 16.4. The van der Waals surface area contributed by atoms with Gasteiger partial charge in [0, 0.05) is 5.92 Å². The van der Waals surface area contributed by atoms with E-state index in [4.69, 9.17) is 4.74 Å². The van der Waals surface area contributed by atoms with Crippen molar-refractivity contribution in [3.8, 4) is 5.75 Å². The highest BCUT2D eigenvalue weighted by atomic mass is 16.5. The normalized spacial score (nSPS) is 12.0. The second kappa shape index (κ2) is 7.45. The lowest BCUT2D eigenvalue weighted by Gasteiger charge is -2.16. The number of fused-ring (bicyclic) bond motifs is 1. The molecule has 0 spiro atoms. The van der Waals surface area contributed by atoms with Crippen LogP contribution in [0.1, 0.15) is 22.6 Å². The molecule has 0 aliphatic heterocycles. The van der Waals surface area contributed by atoms with E-state index in [0.29, 0.717) is 6.61 Å². The molecule has 0 fully saturated rings. The van der Waals surface area contributed by atoms with Crippen LogP contribution in [0.2, 0.25) is 0 Å². The summed E-state index contributed by atoms with van der Waals surface area (Å²) in [4.78, 5) is 0. The van der Waals surface area contributed by atoms with Crippen LogP contribution in [-0.4, -0.2) is 0 Å². The van der Waals surface area contributed by atoms with Crippen molar-refractivity contribution < 1.29 is 4.74 Å². The van der Waals surface area contributed by atoms with Gasteiger partial charge in [-0.2, -0.15) is 0 Å². The molecule has 0 bridgehead atoms. The van der Waals surface area contributed by atoms with Gasteiger partial charge in [0.25, 0.3) is 0 Å². The number of ether oxygens (including phenoxy) is 1. The Bertz CT molecular complexity index is 999. The Balaban J connectivity index is 1.59. The third-order valence-electron chi connectivity index (χ3n) is 4.71. The summed E-state index contributed by atoms with van der Waals surface area (Å²) >= 11 is 0. The van der Waals surface area contributed by atoms with Crippen LogP contribution < -0.4 is 4.74 Å². The van der Waals surface area contributed by atoms with Crippen molar-refractivity contribution in [1.82, 2.24) is 0 Å². The summed E-state index contributed by atoms with van der Waals surface area (Å²) in [6.07, 6.45) is 0. The van der Waals surface area contributed by atoms with Gasteiger partial charge < -0.3 is 4.74 Å². The van der Waals surface area contributed by atoms with E-state index >= 15 is 0 Å². The molecule has 0 aromatic heterocycles. The van der Waals surface area contributed by atoms with Gasteiger partial charge in [-0.05, 0) is 46.5 Å². The van der Waals surface area contributed by atoms with Gasteiger partial charge in [0.2, 0.25) is 0 Å². The minimum atomic E-state index is 0.0568. The van der Waals surface area contributed by atoms with Crippen LogP contribution >= 0.6 is 0 Å². The molecule has 4 rings (SSSR count). The summed E-state index contributed by atoms with van der Waals surface area (Å²) in [6, 6.07) is 33.4. The molecule has 0 saturated heterocycles. The maximum atomic E-state index is 5.98. The van der Waals surface area contributed by atoms with E-state index in [1.54, 1.807) is 0 Å². The zero-order valence-corrected chi connectivity index (χ0v) is 14.6. The Morgan fingerprint density at radius 3 is 2.35 bits per heavy atom. The topological polar surface area (TPSA) is 9.23 Å². The van der Waals surface area contributed by atoms with Crippen LogP contribution in [0.3, 0.4) is 0 Å². The van der Waals surface area contributed by atoms with Crippen molar-refractivity contribution in [1.29, 1.82) is 0 Å². The van der Waals surface area contributed by atoms with Gasteiger partial charge in [-0.1, -0.05) is 84.9 Å². The molecule has 1 atom stereocenters. The highest BCUT2D eigenvalue weighted by molar-refractivity contribution is 5.86. The molecule has 127 valence electrons. The first-order chi connectivity index (χ1) is 12.8. The Kier molecular flexibility index (Phi) is 4.70. The van der Waals surface area contributed by atoms with Crippen LogP contribution in [0.4, 0.5) is 0 Å². The van der Waals surface area contributed by atoms with Gasteiger partial charge >= 0.3 is 0 Å². The van der Waals surface area contributed by atoms with Crippen molar-refractivity contribution >= 4 is 10.8 Å². The monoisotopic (exact) mass is 337 g/mol. The minimum Gasteiger partial charge on any atom is -0.489 e. The van der Waals surface area contributed by atoms with Gasteiger partial charge in [-0.15, -0.1) is 0 Å². The molecule has 0 heterocycles. The number of benzene rings is 4. The maximum absolute atomic E-state index is 5.98. The fraction of sp³-hybridized carbons (Fsp3) is 0.0800. The standard InChI is InChI=1S/C25H21O/c1-19(24-16-8-12-21-11-5-6-15-25(21)24)22-13-7-14-23(17-22)26-18-20-9-3-2-4-10-20/h2-17,19H,1,18H2. The van der Waals surface area contributed by atoms with Gasteiger partial charge in [-0.3, -0.25) is 0 Å². The van der Waals surface area contributed by atoms with Crippen LogP contribution in [0.5, 0.6) is 5.75 Å². The van der Waals surface area contributed by atoms with Crippen LogP contribution in [-0.2, 0) is 6.61 Å². The predicted molar refractivity (Wildman–Crippen MR) is 108 cm³/mol. The molecule has 0 aliphatic carbocycles. The molecule has 0 amide bonds. The summed E-state index contributed by atoms with van der Waals surface area (Å²) in [5, 5.41) is 2.50. The number of hydrogen-bond acceptors (Lipinski definition) is 1. The number of rotatable bonds is 5. The van der Waals surface area contributed by atoms with Crippen molar-refractivity contribution in [3.63, 3.8) is 0 Å². The molecule has 0 saturated carbocycles. The first-order valence-electron chi connectivity index (χ1n) is 8.89. The van der Waals surface area contributed by atoms with E-state index in [2.05, 4.69) is 73.7 Å². The highest BCUT2D eigenvalue weighted by Gasteiger charge is 2.12. The summed E-state index contributed by atoms with van der Waals surface area (Å²) in [7, 11) is 0. The molecule has 1 unspecified atom stereocenters. The molecule has 4 aromatic carbocycles. The van der Waals surface area contributed by atoms with Crippen LogP contribution in [0.25, 0.3) is 10.8 Å².